The monoisotopic (exact) mass is 671 g/mol. The molecule has 2 aromatic heterocycles. The molecule has 0 radical (unpaired) electrons. The molecule has 12 nitrogen and oxygen atoms in total. The number of carbonyl (C=O) groups is 5. The molecule has 2 aliphatic heterocycles. The predicted octanol–water partition coefficient (Wildman–Crippen LogP) is 4.72. The van der Waals surface area contributed by atoms with Crippen molar-refractivity contribution in [3.63, 3.8) is 0 Å². The second-order valence-electron chi connectivity index (χ2n) is 13.4. The van der Waals surface area contributed by atoms with E-state index in [9.17, 15) is 24.0 Å². The number of unbranched alkanes of at least 4 members (excludes halogenated alkanes) is 1. The van der Waals surface area contributed by atoms with Crippen LogP contribution in [0.15, 0.2) is 36.5 Å². The molecule has 2 saturated heterocycles. The van der Waals surface area contributed by atoms with Crippen molar-refractivity contribution in [1.82, 2.24) is 25.1 Å². The molecule has 0 spiro atoms. The fourth-order valence-electron chi connectivity index (χ4n) is 7.35. The summed E-state index contributed by atoms with van der Waals surface area (Å²) in [4.78, 5) is 75.7. The van der Waals surface area contributed by atoms with Gasteiger partial charge in [-0.2, -0.15) is 0 Å². The second kappa shape index (κ2) is 16.7. The number of nitrogens with one attached hydrogen (secondary N) is 3. The first kappa shape index (κ1) is 35.7. The number of anilines is 2. The number of benzene rings is 1. The van der Waals surface area contributed by atoms with Crippen LogP contribution in [-0.2, 0) is 14.4 Å². The molecular weight excluding hydrogens is 622 g/mol. The molecule has 2 fully saturated rings. The number of aromatic amines is 1. The first-order valence-corrected chi connectivity index (χ1v) is 17.5. The number of likely N-dealkylation sites (N-methyl/N-ethyl adjacent to an activating group) is 2. The van der Waals surface area contributed by atoms with Crippen LogP contribution in [0.5, 0.6) is 0 Å². The van der Waals surface area contributed by atoms with Crippen LogP contribution < -0.4 is 15.5 Å². The van der Waals surface area contributed by atoms with Crippen LogP contribution in [0.25, 0.3) is 10.9 Å². The molecule has 12 heteroatoms. The van der Waals surface area contributed by atoms with Crippen LogP contribution in [0.3, 0.4) is 0 Å². The van der Waals surface area contributed by atoms with Crippen molar-refractivity contribution in [3.8, 4) is 0 Å². The normalized spacial score (nSPS) is 17.5. The Hall–Kier alpha value is -4.58. The highest BCUT2D eigenvalue weighted by Gasteiger charge is 2.30. The van der Waals surface area contributed by atoms with Crippen LogP contribution in [0.4, 0.5) is 11.5 Å². The van der Waals surface area contributed by atoms with E-state index < -0.39 is 11.9 Å². The van der Waals surface area contributed by atoms with Crippen molar-refractivity contribution in [1.29, 1.82) is 0 Å². The summed E-state index contributed by atoms with van der Waals surface area (Å²) in [6.07, 6.45) is 11.0. The lowest BCUT2D eigenvalue weighted by atomic mass is 9.90. The zero-order chi connectivity index (χ0) is 34.9. The third kappa shape index (κ3) is 8.54. The topological polar surface area (TPSA) is 148 Å². The van der Waals surface area contributed by atoms with Gasteiger partial charge in [-0.05, 0) is 76.2 Å². The average molecular weight is 672 g/mol. The number of hydrogen-bond donors (Lipinski definition) is 3. The van der Waals surface area contributed by atoms with E-state index in [1.54, 1.807) is 12.1 Å². The molecule has 2 unspecified atom stereocenters. The highest BCUT2D eigenvalue weighted by atomic mass is 16.2. The molecule has 0 saturated carbocycles. The quantitative estimate of drug-likeness (QED) is 0.155. The highest BCUT2D eigenvalue weighted by molar-refractivity contribution is 6.05. The van der Waals surface area contributed by atoms with E-state index in [-0.39, 0.29) is 30.2 Å². The van der Waals surface area contributed by atoms with Crippen LogP contribution >= 0.6 is 0 Å². The zero-order valence-electron chi connectivity index (χ0n) is 28.9. The Kier molecular flexibility index (Phi) is 12.2. The van der Waals surface area contributed by atoms with Crippen molar-refractivity contribution in [2.24, 2.45) is 5.92 Å². The van der Waals surface area contributed by atoms with Crippen molar-refractivity contribution in [2.75, 3.05) is 51.0 Å². The third-order valence-corrected chi connectivity index (χ3v) is 10.2. The van der Waals surface area contributed by atoms with Gasteiger partial charge in [-0.15, -0.1) is 0 Å². The van der Waals surface area contributed by atoms with Crippen LogP contribution in [0.1, 0.15) is 96.7 Å². The van der Waals surface area contributed by atoms with Crippen LogP contribution in [-0.4, -0.2) is 96.9 Å². The van der Waals surface area contributed by atoms with Gasteiger partial charge >= 0.3 is 0 Å². The van der Waals surface area contributed by atoms with Crippen molar-refractivity contribution >= 4 is 52.7 Å². The van der Waals surface area contributed by atoms with Gasteiger partial charge in [0.25, 0.3) is 5.91 Å². The van der Waals surface area contributed by atoms with Gasteiger partial charge < -0.3 is 30.2 Å². The number of likely N-dealkylation sites (tertiary alicyclic amines) is 1. The molecule has 4 heterocycles. The Morgan fingerprint density at radius 2 is 1.90 bits per heavy atom. The minimum Gasteiger partial charge on any atom is -0.371 e. The maximum atomic E-state index is 13.5. The molecule has 5 rings (SSSR count). The van der Waals surface area contributed by atoms with Gasteiger partial charge in [0.2, 0.25) is 11.8 Å². The largest absolute Gasteiger partial charge is 0.371 e. The fraction of sp³-hybridized carbons (Fsp3) is 0.514. The van der Waals surface area contributed by atoms with Gasteiger partial charge in [-0.25, -0.2) is 4.98 Å². The standard InChI is InChI=1S/C37H49N7O5/c1-38-36(48)33(13-8-20-45)43(3)37(49)27-10-6-11-31(28(27)24-46)44-18-15-25(16-19-44)9-4-5-14-35(47)41-34-22-29-26(23-39-34)21-30(40-29)32-12-7-17-42(32)2/h6,10-11,20-25,32-33,40H,4-5,7-9,12-19H2,1-3H3,(H,38,48)(H,39,41,47). The number of rotatable bonds is 15. The van der Waals surface area contributed by atoms with Crippen molar-refractivity contribution in [3.05, 3.63) is 53.3 Å². The molecule has 0 aliphatic carbocycles. The smallest absolute Gasteiger partial charge is 0.255 e. The summed E-state index contributed by atoms with van der Waals surface area (Å²) in [6.45, 7) is 2.61. The Morgan fingerprint density at radius 3 is 2.59 bits per heavy atom. The van der Waals surface area contributed by atoms with Crippen molar-refractivity contribution in [2.45, 2.75) is 76.3 Å². The number of hydrogen-bond acceptors (Lipinski definition) is 8. The number of nitrogens with zero attached hydrogens (tertiary/aromatic N) is 4. The van der Waals surface area contributed by atoms with Crippen molar-refractivity contribution < 1.29 is 24.0 Å². The summed E-state index contributed by atoms with van der Waals surface area (Å²) >= 11 is 0. The first-order chi connectivity index (χ1) is 23.7. The van der Waals surface area contributed by atoms with E-state index >= 15 is 0 Å². The van der Waals surface area contributed by atoms with E-state index in [0.29, 0.717) is 41.7 Å². The molecule has 49 heavy (non-hydrogen) atoms. The third-order valence-electron chi connectivity index (χ3n) is 10.2. The number of carbonyl (C=O) groups excluding carboxylic acids is 5. The molecule has 262 valence electrons. The summed E-state index contributed by atoms with van der Waals surface area (Å²) in [7, 11) is 5.16. The number of amides is 3. The maximum absolute atomic E-state index is 13.5. The van der Waals surface area contributed by atoms with E-state index in [1.165, 1.54) is 31.1 Å². The second-order valence-corrected chi connectivity index (χ2v) is 13.4. The lowest BCUT2D eigenvalue weighted by Crippen LogP contribution is -2.47. The minimum absolute atomic E-state index is 0.0316. The predicted molar refractivity (Wildman–Crippen MR) is 190 cm³/mol. The fourth-order valence-corrected chi connectivity index (χ4v) is 7.35. The number of aldehydes is 2. The highest BCUT2D eigenvalue weighted by Crippen LogP contribution is 2.33. The van der Waals surface area contributed by atoms with Gasteiger partial charge in [0, 0.05) is 75.1 Å². The molecule has 1 aromatic carbocycles. The van der Waals surface area contributed by atoms with Gasteiger partial charge in [0.15, 0.2) is 6.29 Å². The van der Waals surface area contributed by atoms with Crippen LogP contribution in [0.2, 0.25) is 0 Å². The van der Waals surface area contributed by atoms with E-state index in [2.05, 4.69) is 43.5 Å². The van der Waals surface area contributed by atoms with Gasteiger partial charge in [-0.1, -0.05) is 18.9 Å². The number of H-pyrrole nitrogens is 1. The molecule has 3 N–H and O–H groups in total. The Balaban J connectivity index is 1.08. The summed E-state index contributed by atoms with van der Waals surface area (Å²) in [6, 6.07) is 8.88. The lowest BCUT2D eigenvalue weighted by molar-refractivity contribution is -0.125. The lowest BCUT2D eigenvalue weighted by Gasteiger charge is -2.35. The Morgan fingerprint density at radius 1 is 1.10 bits per heavy atom. The summed E-state index contributed by atoms with van der Waals surface area (Å²) < 4.78 is 0. The number of piperidine rings is 1. The SMILES string of the molecule is CNC(=O)C(CCC=O)N(C)C(=O)c1cccc(N2CCC(CCCCC(=O)Nc3cc4[nH]c(C5CCCN5C)cc4cn3)CC2)c1C=O. The summed E-state index contributed by atoms with van der Waals surface area (Å²) in [5, 5.41) is 6.56. The molecule has 2 atom stereocenters. The Bertz CT molecular complexity index is 1650. The minimum atomic E-state index is -0.824. The van der Waals surface area contributed by atoms with Crippen LogP contribution in [0, 0.1) is 5.92 Å². The molecule has 3 amide bonds. The molecular formula is C37H49N7O5. The summed E-state index contributed by atoms with van der Waals surface area (Å²) in [5.74, 6) is 0.248. The van der Waals surface area contributed by atoms with E-state index in [4.69, 9.17) is 0 Å². The zero-order valence-corrected chi connectivity index (χ0v) is 28.9. The Labute approximate surface area is 288 Å². The summed E-state index contributed by atoms with van der Waals surface area (Å²) in [5.41, 5.74) is 3.44. The maximum Gasteiger partial charge on any atom is 0.255 e. The molecule has 0 bridgehead atoms. The molecule has 3 aromatic rings. The van der Waals surface area contributed by atoms with Gasteiger partial charge in [0.1, 0.15) is 18.1 Å². The van der Waals surface area contributed by atoms with E-state index in [1.807, 2.05) is 18.3 Å². The van der Waals surface area contributed by atoms with E-state index in [0.717, 1.165) is 75.3 Å². The number of aromatic nitrogens is 2. The first-order valence-electron chi connectivity index (χ1n) is 17.5. The molecule has 2 aliphatic rings. The number of pyridine rings is 1. The van der Waals surface area contributed by atoms with Gasteiger partial charge in [0.05, 0.1) is 16.6 Å². The number of fused-ring (bicyclic) bond motifs is 1. The van der Waals surface area contributed by atoms with Gasteiger partial charge in [-0.3, -0.25) is 24.1 Å². The average Bonchev–Trinajstić information content (AvgIpc) is 3.74.